The number of ether oxygens (including phenoxy) is 3. The number of benzene rings is 1. The van der Waals surface area contributed by atoms with E-state index in [1.54, 1.807) is 6.92 Å². The summed E-state index contributed by atoms with van der Waals surface area (Å²) >= 11 is 0. The average Bonchev–Trinajstić information content (AvgIpc) is 2.45. The largest absolute Gasteiger partial charge is 0.486 e. The van der Waals surface area contributed by atoms with E-state index in [9.17, 15) is 9.59 Å². The second-order valence-corrected chi connectivity index (χ2v) is 4.50. The van der Waals surface area contributed by atoms with Gasteiger partial charge in [0.1, 0.15) is 19.0 Å². The molecule has 20 heavy (non-hydrogen) atoms. The van der Waals surface area contributed by atoms with Crippen LogP contribution in [0.1, 0.15) is 25.3 Å². The maximum absolute atomic E-state index is 11.8. The molecule has 1 heterocycles. The molecule has 1 aliphatic heterocycles. The van der Waals surface area contributed by atoms with Crippen LogP contribution in [0.2, 0.25) is 0 Å². The van der Waals surface area contributed by atoms with Crippen LogP contribution in [0, 0.1) is 0 Å². The van der Waals surface area contributed by atoms with Crippen LogP contribution in [0.25, 0.3) is 0 Å². The number of ketones is 1. The highest BCUT2D eigenvalue weighted by molar-refractivity contribution is 5.84. The Balaban J connectivity index is 1.86. The van der Waals surface area contributed by atoms with Crippen molar-refractivity contribution in [1.29, 1.82) is 0 Å². The van der Waals surface area contributed by atoms with Gasteiger partial charge in [-0.25, -0.2) is 0 Å². The van der Waals surface area contributed by atoms with Crippen molar-refractivity contribution in [2.45, 2.75) is 26.2 Å². The Labute approximate surface area is 117 Å². The first-order valence-corrected chi connectivity index (χ1v) is 6.75. The Morgan fingerprint density at radius 2 is 1.90 bits per heavy atom. The van der Waals surface area contributed by atoms with Crippen LogP contribution in [-0.2, 0) is 20.7 Å². The van der Waals surface area contributed by atoms with Gasteiger partial charge in [-0.15, -0.1) is 0 Å². The Kier molecular flexibility index (Phi) is 4.98. The summed E-state index contributed by atoms with van der Waals surface area (Å²) in [4.78, 5) is 23.0. The minimum atomic E-state index is -0.331. The lowest BCUT2D eigenvalue weighted by Gasteiger charge is -2.18. The number of hydrogen-bond acceptors (Lipinski definition) is 5. The highest BCUT2D eigenvalue weighted by Crippen LogP contribution is 2.30. The van der Waals surface area contributed by atoms with E-state index in [0.29, 0.717) is 31.3 Å². The molecule has 0 bridgehead atoms. The molecule has 1 aliphatic rings. The van der Waals surface area contributed by atoms with Gasteiger partial charge in [0, 0.05) is 12.8 Å². The fraction of sp³-hybridized carbons (Fsp3) is 0.467. The third kappa shape index (κ3) is 3.98. The van der Waals surface area contributed by atoms with Gasteiger partial charge in [0.15, 0.2) is 11.5 Å². The Morgan fingerprint density at radius 3 is 2.65 bits per heavy atom. The second-order valence-electron chi connectivity index (χ2n) is 4.50. The van der Waals surface area contributed by atoms with Gasteiger partial charge < -0.3 is 14.2 Å². The summed E-state index contributed by atoms with van der Waals surface area (Å²) in [6.45, 7) is 3.15. The highest BCUT2D eigenvalue weighted by atomic mass is 16.6. The third-order valence-corrected chi connectivity index (χ3v) is 2.92. The Hall–Kier alpha value is -2.04. The van der Waals surface area contributed by atoms with Gasteiger partial charge in [-0.05, 0) is 24.6 Å². The molecule has 5 nitrogen and oxygen atoms in total. The van der Waals surface area contributed by atoms with Crippen LogP contribution in [0.4, 0.5) is 0 Å². The number of fused-ring (bicyclic) bond motifs is 1. The molecule has 108 valence electrons. The summed E-state index contributed by atoms with van der Waals surface area (Å²) in [6.07, 6.45) is 0.626. The highest BCUT2D eigenvalue weighted by Gasteiger charge is 2.14. The quantitative estimate of drug-likeness (QED) is 0.744. The van der Waals surface area contributed by atoms with Gasteiger partial charge in [-0.3, -0.25) is 9.59 Å². The minimum absolute atomic E-state index is 0.00901. The fourth-order valence-electron chi connectivity index (χ4n) is 1.99. The molecule has 0 aliphatic carbocycles. The molecule has 1 aromatic rings. The lowest BCUT2D eigenvalue weighted by Crippen LogP contribution is -2.15. The van der Waals surface area contributed by atoms with E-state index in [2.05, 4.69) is 0 Å². The SMILES string of the molecule is CCOC(=O)CCC(=O)Cc1ccc2c(c1)OCCO2. The van der Waals surface area contributed by atoms with Crippen LogP contribution >= 0.6 is 0 Å². The minimum Gasteiger partial charge on any atom is -0.486 e. The summed E-state index contributed by atoms with van der Waals surface area (Å²) in [5.41, 5.74) is 0.864. The smallest absolute Gasteiger partial charge is 0.306 e. The third-order valence-electron chi connectivity index (χ3n) is 2.92. The zero-order chi connectivity index (χ0) is 14.4. The zero-order valence-electron chi connectivity index (χ0n) is 11.5. The van der Waals surface area contributed by atoms with Gasteiger partial charge in [-0.2, -0.15) is 0 Å². The van der Waals surface area contributed by atoms with E-state index >= 15 is 0 Å². The van der Waals surface area contributed by atoms with Crippen molar-refractivity contribution in [3.8, 4) is 11.5 Å². The number of hydrogen-bond donors (Lipinski definition) is 0. The lowest BCUT2D eigenvalue weighted by atomic mass is 10.1. The summed E-state index contributed by atoms with van der Waals surface area (Å²) in [7, 11) is 0. The van der Waals surface area contributed by atoms with Crippen molar-refractivity contribution < 1.29 is 23.8 Å². The van der Waals surface area contributed by atoms with Crippen LogP contribution in [0.5, 0.6) is 11.5 Å². The molecule has 0 radical (unpaired) electrons. The van der Waals surface area contributed by atoms with E-state index in [1.165, 1.54) is 0 Å². The molecule has 0 fully saturated rings. The second kappa shape index (κ2) is 6.93. The molecular formula is C15H18O5. The first kappa shape index (κ1) is 14.4. The van der Waals surface area contributed by atoms with Gasteiger partial charge in [0.25, 0.3) is 0 Å². The van der Waals surface area contributed by atoms with E-state index < -0.39 is 0 Å². The Morgan fingerprint density at radius 1 is 1.15 bits per heavy atom. The number of Topliss-reactive ketones (excluding diaryl/α,β-unsaturated/α-hetero) is 1. The van der Waals surface area contributed by atoms with Gasteiger partial charge in [0.05, 0.1) is 13.0 Å². The Bertz CT molecular complexity index is 495. The predicted octanol–water partition coefficient (Wildman–Crippen LogP) is 1.91. The van der Waals surface area contributed by atoms with E-state index in [1.807, 2.05) is 18.2 Å². The van der Waals surface area contributed by atoms with Crippen molar-refractivity contribution in [3.05, 3.63) is 23.8 Å². The molecule has 0 amide bonds. The summed E-state index contributed by atoms with van der Waals surface area (Å²) < 4.78 is 15.7. The van der Waals surface area contributed by atoms with E-state index in [4.69, 9.17) is 14.2 Å². The number of carbonyl (C=O) groups excluding carboxylic acids is 2. The topological polar surface area (TPSA) is 61.8 Å². The van der Waals surface area contributed by atoms with Crippen LogP contribution in [0.15, 0.2) is 18.2 Å². The standard InChI is InChI=1S/C15H18O5/c1-2-18-15(17)6-4-12(16)9-11-3-5-13-14(10-11)20-8-7-19-13/h3,5,10H,2,4,6-9H2,1H3. The number of rotatable bonds is 6. The monoisotopic (exact) mass is 278 g/mol. The van der Waals surface area contributed by atoms with Gasteiger partial charge in [0.2, 0.25) is 0 Å². The molecule has 1 aromatic carbocycles. The van der Waals surface area contributed by atoms with E-state index in [0.717, 1.165) is 5.56 Å². The molecule has 0 saturated carbocycles. The molecule has 5 heteroatoms. The van der Waals surface area contributed by atoms with Crippen molar-refractivity contribution >= 4 is 11.8 Å². The van der Waals surface area contributed by atoms with Crippen molar-refractivity contribution in [2.75, 3.05) is 19.8 Å². The van der Waals surface area contributed by atoms with E-state index in [-0.39, 0.29) is 31.0 Å². The molecular weight excluding hydrogens is 260 g/mol. The van der Waals surface area contributed by atoms with Crippen molar-refractivity contribution in [3.63, 3.8) is 0 Å². The average molecular weight is 278 g/mol. The molecule has 0 atom stereocenters. The molecule has 2 rings (SSSR count). The first-order valence-electron chi connectivity index (χ1n) is 6.75. The summed E-state index contributed by atoms with van der Waals surface area (Å²) in [5.74, 6) is 1.06. The number of carbonyl (C=O) groups is 2. The molecule has 0 aromatic heterocycles. The van der Waals surface area contributed by atoms with Crippen LogP contribution < -0.4 is 9.47 Å². The van der Waals surface area contributed by atoms with Crippen LogP contribution in [0.3, 0.4) is 0 Å². The maximum atomic E-state index is 11.8. The predicted molar refractivity (Wildman–Crippen MR) is 72.0 cm³/mol. The lowest BCUT2D eigenvalue weighted by molar-refractivity contribution is -0.144. The summed E-state index contributed by atoms with van der Waals surface area (Å²) in [5, 5.41) is 0. The maximum Gasteiger partial charge on any atom is 0.306 e. The number of esters is 1. The first-order chi connectivity index (χ1) is 9.69. The van der Waals surface area contributed by atoms with Gasteiger partial charge >= 0.3 is 5.97 Å². The molecule has 0 saturated heterocycles. The van der Waals surface area contributed by atoms with Crippen molar-refractivity contribution in [2.24, 2.45) is 0 Å². The summed E-state index contributed by atoms with van der Waals surface area (Å²) in [6, 6.07) is 5.47. The zero-order valence-corrected chi connectivity index (χ0v) is 11.5. The molecule has 0 spiro atoms. The molecule has 0 unspecified atom stereocenters. The van der Waals surface area contributed by atoms with Crippen molar-refractivity contribution in [1.82, 2.24) is 0 Å². The van der Waals surface area contributed by atoms with Crippen LogP contribution in [-0.4, -0.2) is 31.6 Å². The fourth-order valence-corrected chi connectivity index (χ4v) is 1.99. The molecule has 0 N–H and O–H groups in total. The normalized spacial score (nSPS) is 12.8. The van der Waals surface area contributed by atoms with Gasteiger partial charge in [-0.1, -0.05) is 6.07 Å².